The molecule has 0 nitrogen and oxygen atoms in total. The van der Waals surface area contributed by atoms with Crippen LogP contribution in [0.25, 0.3) is 0 Å². The highest BCUT2D eigenvalue weighted by molar-refractivity contribution is 7.77. The maximum atomic E-state index is 2.40. The highest BCUT2D eigenvalue weighted by Gasteiger charge is 2.54. The summed E-state index contributed by atoms with van der Waals surface area (Å²) in [6, 6.07) is 45.8. The molecule has 0 spiro atoms. The average Bonchev–Trinajstić information content (AvgIpc) is 3.50. The van der Waals surface area contributed by atoms with Crippen LogP contribution in [0.15, 0.2) is 121 Å². The minimum atomic E-state index is -0.403. The standard InChI is InChI=1S/C31H30P2/c1-5-13-26(14-6-1)32(27-15-7-2-8-16-27)30-24-21-22-25(23-24)31(30)33(28-17-9-3-10-18-28)29-19-11-4-12-20-29/h1-20,24-25,30-31H,21-23H2/t24-,25?,30+,31+/m1/s1. The predicted molar refractivity (Wildman–Crippen MR) is 147 cm³/mol. The lowest BCUT2D eigenvalue weighted by atomic mass is 9.99. The molecule has 4 aromatic carbocycles. The largest absolute Gasteiger partial charge is 0.0622 e. The predicted octanol–water partition coefficient (Wildman–Crippen LogP) is 6.42. The van der Waals surface area contributed by atoms with Crippen molar-refractivity contribution in [2.45, 2.75) is 30.6 Å². The van der Waals surface area contributed by atoms with Gasteiger partial charge in [-0.25, -0.2) is 0 Å². The van der Waals surface area contributed by atoms with Crippen molar-refractivity contribution in [2.24, 2.45) is 11.8 Å². The Morgan fingerprint density at radius 1 is 0.394 bits per heavy atom. The zero-order valence-corrected chi connectivity index (χ0v) is 20.7. The summed E-state index contributed by atoms with van der Waals surface area (Å²) in [5.74, 6) is 1.70. The Morgan fingerprint density at radius 2 is 0.667 bits per heavy atom. The Hall–Kier alpha value is -2.26. The lowest BCUT2D eigenvalue weighted by Crippen LogP contribution is -2.39. The van der Waals surface area contributed by atoms with Crippen LogP contribution >= 0.6 is 15.8 Å². The van der Waals surface area contributed by atoms with Crippen LogP contribution in [0.3, 0.4) is 0 Å². The second-order valence-corrected chi connectivity index (χ2v) is 14.1. The van der Waals surface area contributed by atoms with Crippen LogP contribution in [0.1, 0.15) is 19.3 Å². The van der Waals surface area contributed by atoms with Crippen LogP contribution in [0.4, 0.5) is 0 Å². The summed E-state index contributed by atoms with van der Waals surface area (Å²) in [4.78, 5) is 0. The van der Waals surface area contributed by atoms with E-state index in [0.717, 1.165) is 23.2 Å². The molecular weight excluding hydrogens is 434 g/mol. The highest BCUT2D eigenvalue weighted by Crippen LogP contribution is 2.66. The average molecular weight is 465 g/mol. The van der Waals surface area contributed by atoms with Crippen molar-refractivity contribution in [3.8, 4) is 0 Å². The van der Waals surface area contributed by atoms with Gasteiger partial charge in [0, 0.05) is 0 Å². The van der Waals surface area contributed by atoms with Crippen LogP contribution in [-0.4, -0.2) is 11.3 Å². The van der Waals surface area contributed by atoms with Gasteiger partial charge in [-0.3, -0.25) is 0 Å². The van der Waals surface area contributed by atoms with Gasteiger partial charge in [0.1, 0.15) is 0 Å². The fourth-order valence-corrected chi connectivity index (χ4v) is 13.5. The molecule has 2 heteroatoms. The van der Waals surface area contributed by atoms with Gasteiger partial charge in [-0.15, -0.1) is 0 Å². The van der Waals surface area contributed by atoms with Crippen molar-refractivity contribution in [1.29, 1.82) is 0 Å². The third-order valence-corrected chi connectivity index (χ3v) is 13.9. The minimum Gasteiger partial charge on any atom is -0.0622 e. The molecule has 0 amide bonds. The van der Waals surface area contributed by atoms with E-state index in [0.29, 0.717) is 0 Å². The van der Waals surface area contributed by atoms with Crippen molar-refractivity contribution in [3.63, 3.8) is 0 Å². The van der Waals surface area contributed by atoms with Gasteiger partial charge in [-0.2, -0.15) is 0 Å². The van der Waals surface area contributed by atoms with Gasteiger partial charge in [-0.1, -0.05) is 121 Å². The number of hydrogen-bond donors (Lipinski definition) is 0. The Balaban J connectivity index is 1.51. The smallest absolute Gasteiger partial charge is 0.00240 e. The number of fused-ring (bicyclic) bond motifs is 2. The van der Waals surface area contributed by atoms with Crippen molar-refractivity contribution in [2.75, 3.05) is 0 Å². The van der Waals surface area contributed by atoms with E-state index in [-0.39, 0.29) is 0 Å². The first kappa shape index (κ1) is 21.3. The summed E-state index contributed by atoms with van der Waals surface area (Å²) >= 11 is 0. The first-order valence-electron chi connectivity index (χ1n) is 12.2. The molecule has 6 rings (SSSR count). The van der Waals surface area contributed by atoms with Crippen molar-refractivity contribution in [1.82, 2.24) is 0 Å². The first-order chi connectivity index (χ1) is 16.4. The molecule has 2 fully saturated rings. The van der Waals surface area contributed by atoms with Gasteiger partial charge >= 0.3 is 0 Å². The van der Waals surface area contributed by atoms with Crippen LogP contribution in [-0.2, 0) is 0 Å². The van der Waals surface area contributed by atoms with Crippen LogP contribution in [0, 0.1) is 11.8 Å². The van der Waals surface area contributed by atoms with E-state index in [1.165, 1.54) is 19.3 Å². The van der Waals surface area contributed by atoms with Crippen molar-refractivity contribution < 1.29 is 0 Å². The van der Waals surface area contributed by atoms with Gasteiger partial charge in [0.25, 0.3) is 0 Å². The molecule has 164 valence electrons. The van der Waals surface area contributed by atoms with Gasteiger partial charge in [0.2, 0.25) is 0 Å². The Bertz CT molecular complexity index is 987. The lowest BCUT2D eigenvalue weighted by molar-refractivity contribution is 0.498. The Kier molecular flexibility index (Phi) is 6.15. The zero-order chi connectivity index (χ0) is 22.0. The normalized spacial score (nSPS) is 23.9. The quantitative estimate of drug-likeness (QED) is 0.289. The molecule has 2 saturated carbocycles. The molecular formula is C31H30P2. The third-order valence-electron chi connectivity index (χ3n) is 7.56. The molecule has 2 aliphatic rings. The summed E-state index contributed by atoms with van der Waals surface area (Å²) in [5, 5.41) is 6.21. The van der Waals surface area contributed by atoms with E-state index in [1.54, 1.807) is 21.2 Å². The molecule has 2 bridgehead atoms. The molecule has 0 radical (unpaired) electrons. The summed E-state index contributed by atoms with van der Waals surface area (Å²) in [5.41, 5.74) is 1.49. The monoisotopic (exact) mass is 464 g/mol. The molecule has 1 unspecified atom stereocenters. The molecule has 4 atom stereocenters. The summed E-state index contributed by atoms with van der Waals surface area (Å²) in [6.07, 6.45) is 4.25. The van der Waals surface area contributed by atoms with Crippen molar-refractivity contribution >= 4 is 37.1 Å². The molecule has 0 aromatic heterocycles. The van der Waals surface area contributed by atoms with Crippen LogP contribution in [0.2, 0.25) is 0 Å². The van der Waals surface area contributed by atoms with Gasteiger partial charge < -0.3 is 0 Å². The lowest BCUT2D eigenvalue weighted by Gasteiger charge is -2.42. The van der Waals surface area contributed by atoms with E-state index in [2.05, 4.69) is 121 Å². The summed E-state index contributed by atoms with van der Waals surface area (Å²) < 4.78 is 0. The zero-order valence-electron chi connectivity index (χ0n) is 18.9. The molecule has 0 aliphatic heterocycles. The van der Waals surface area contributed by atoms with E-state index in [4.69, 9.17) is 0 Å². The van der Waals surface area contributed by atoms with E-state index in [9.17, 15) is 0 Å². The van der Waals surface area contributed by atoms with Gasteiger partial charge in [0.15, 0.2) is 0 Å². The maximum absolute atomic E-state index is 2.40. The second-order valence-electron chi connectivity index (χ2n) is 9.40. The highest BCUT2D eigenvalue weighted by atomic mass is 31.1. The Morgan fingerprint density at radius 3 is 0.939 bits per heavy atom. The minimum absolute atomic E-state index is 0.403. The summed E-state index contributed by atoms with van der Waals surface area (Å²) in [6.45, 7) is 0. The molecule has 2 aliphatic carbocycles. The van der Waals surface area contributed by atoms with Crippen LogP contribution in [0.5, 0.6) is 0 Å². The van der Waals surface area contributed by atoms with E-state index in [1.807, 2.05) is 0 Å². The third kappa shape index (κ3) is 4.10. The van der Waals surface area contributed by atoms with Crippen LogP contribution < -0.4 is 21.2 Å². The molecule has 33 heavy (non-hydrogen) atoms. The van der Waals surface area contributed by atoms with E-state index < -0.39 is 15.8 Å². The molecule has 0 saturated heterocycles. The number of rotatable bonds is 6. The number of benzene rings is 4. The fourth-order valence-electron chi connectivity index (χ4n) is 6.30. The number of hydrogen-bond acceptors (Lipinski definition) is 0. The van der Waals surface area contributed by atoms with E-state index >= 15 is 0 Å². The Labute approximate surface area is 200 Å². The maximum Gasteiger partial charge on any atom is -0.00240 e. The molecule has 0 N–H and O–H groups in total. The van der Waals surface area contributed by atoms with Gasteiger partial charge in [-0.05, 0) is 79.5 Å². The van der Waals surface area contributed by atoms with Crippen molar-refractivity contribution in [3.05, 3.63) is 121 Å². The molecule has 4 aromatic rings. The SMILES string of the molecule is c1ccc(P(c2ccccc2)[C@H]2[C@@H]3CCC(C3)[C@@H]2P(c2ccccc2)c2ccccc2)cc1. The van der Waals surface area contributed by atoms with Gasteiger partial charge in [0.05, 0.1) is 0 Å². The molecule has 0 heterocycles. The fraction of sp³-hybridized carbons (Fsp3) is 0.226. The first-order valence-corrected chi connectivity index (χ1v) is 15.0. The summed E-state index contributed by atoms with van der Waals surface area (Å²) in [7, 11) is -0.806. The second kappa shape index (κ2) is 9.54. The topological polar surface area (TPSA) is 0 Å².